The van der Waals surface area contributed by atoms with Crippen molar-refractivity contribution >= 4 is 87.0 Å². The first-order valence-electron chi connectivity index (χ1n) is 16.7. The number of para-hydroxylation sites is 2. The third kappa shape index (κ3) is 7.00. The Morgan fingerprint density at radius 1 is 0.750 bits per heavy atom. The van der Waals surface area contributed by atoms with Gasteiger partial charge in [0.2, 0.25) is 17.3 Å². The second-order valence-electron chi connectivity index (χ2n) is 12.7. The van der Waals surface area contributed by atoms with Gasteiger partial charge >= 0.3 is 57.3 Å². The summed E-state index contributed by atoms with van der Waals surface area (Å²) in [6.07, 6.45) is 3.19. The van der Waals surface area contributed by atoms with Crippen molar-refractivity contribution in [3.05, 3.63) is 155 Å². The molecule has 0 bridgehead atoms. The van der Waals surface area contributed by atoms with Crippen LogP contribution in [0.2, 0.25) is 0 Å². The number of fused-ring (bicyclic) bond motifs is 8. The van der Waals surface area contributed by atoms with E-state index in [1.807, 2.05) is 66.7 Å². The van der Waals surface area contributed by atoms with Crippen LogP contribution >= 0.6 is 0 Å². The molecule has 0 N–H and O–H groups in total. The van der Waals surface area contributed by atoms with Crippen molar-refractivity contribution in [3.8, 4) is 5.75 Å². The van der Waals surface area contributed by atoms with Gasteiger partial charge in [-0.2, -0.15) is 0 Å². The molecule has 3 aromatic heterocycles. The Kier molecular flexibility index (Phi) is 9.82. The molecule has 0 saturated carbocycles. The van der Waals surface area contributed by atoms with Crippen molar-refractivity contribution in [2.75, 3.05) is 4.90 Å². The maximum absolute atomic E-state index is 12.8. The van der Waals surface area contributed by atoms with Crippen molar-refractivity contribution in [1.29, 1.82) is 0 Å². The summed E-state index contributed by atoms with van der Waals surface area (Å²) in [5, 5.41) is 2.17. The molecule has 0 atom stereocenters. The first-order valence-corrected chi connectivity index (χ1v) is 19.6. The third-order valence-corrected chi connectivity index (χ3v) is 10.5. The van der Waals surface area contributed by atoms with Crippen LogP contribution in [0.1, 0.15) is 11.5 Å². The molecule has 12 nitrogen and oxygen atoms in total. The van der Waals surface area contributed by atoms with Crippen molar-refractivity contribution in [2.45, 2.75) is 12.3 Å². The van der Waals surface area contributed by atoms with Gasteiger partial charge in [-0.3, -0.25) is 4.90 Å². The number of anilines is 1. The van der Waals surface area contributed by atoms with Gasteiger partial charge in [-0.25, -0.2) is 16.8 Å². The fourth-order valence-corrected chi connectivity index (χ4v) is 8.09. The molecule has 0 aliphatic carbocycles. The normalized spacial score (nSPS) is 14.0. The monoisotopic (exact) mass is 808 g/mol. The van der Waals surface area contributed by atoms with Crippen LogP contribution in [0.3, 0.4) is 0 Å². The van der Waals surface area contributed by atoms with E-state index >= 15 is 0 Å². The van der Waals surface area contributed by atoms with E-state index in [2.05, 4.69) is 18.0 Å². The minimum atomic E-state index is -5.22. The summed E-state index contributed by atoms with van der Waals surface area (Å²) in [7, 11) is -10.1. The number of ether oxygens (including phenoxy) is 1. The summed E-state index contributed by atoms with van der Waals surface area (Å²) < 4.78 is 101. The van der Waals surface area contributed by atoms with Gasteiger partial charge in [0, 0.05) is 33.7 Å². The zero-order chi connectivity index (χ0) is 38.1. The average Bonchev–Trinajstić information content (AvgIpc) is 3.88. The molecule has 1 aliphatic heterocycles. The number of benzene rings is 5. The first-order chi connectivity index (χ1) is 26.4. The maximum Gasteiger partial charge on any atom is 1.00 e. The predicted octanol–water partition coefficient (Wildman–Crippen LogP) is 4.72. The van der Waals surface area contributed by atoms with Crippen LogP contribution in [-0.2, 0) is 32.5 Å². The molecule has 0 spiro atoms. The molecule has 0 unspecified atom stereocenters. The van der Waals surface area contributed by atoms with Gasteiger partial charge in [-0.1, -0.05) is 72.5 Å². The largest absolute Gasteiger partial charge is 1.00 e. The summed E-state index contributed by atoms with van der Waals surface area (Å²) in [6.45, 7) is 3.44. The van der Waals surface area contributed by atoms with Gasteiger partial charge in [0.05, 0.1) is 17.8 Å². The van der Waals surface area contributed by atoms with Gasteiger partial charge in [0.1, 0.15) is 32.5 Å². The minimum absolute atomic E-state index is 0. The number of hydrogen-bond acceptors (Lipinski definition) is 11. The molecular formula is C41H25KN2O10S2. The Morgan fingerprint density at radius 2 is 1.38 bits per heavy atom. The molecular weight excluding hydrogens is 784 g/mol. The van der Waals surface area contributed by atoms with E-state index in [1.54, 1.807) is 36.4 Å². The number of furan rings is 2. The molecule has 56 heavy (non-hydrogen) atoms. The molecule has 1 aliphatic rings. The fraction of sp³-hybridized carbons (Fsp3) is 0.0488. The van der Waals surface area contributed by atoms with Gasteiger partial charge in [0.15, 0.2) is 20.9 Å². The van der Waals surface area contributed by atoms with Crippen LogP contribution < -0.4 is 65.6 Å². The van der Waals surface area contributed by atoms with E-state index in [0.29, 0.717) is 33.3 Å². The van der Waals surface area contributed by atoms with Crippen LogP contribution in [-0.4, -0.2) is 25.9 Å². The smallest absolute Gasteiger partial charge is 0.743 e. The Hall–Kier alpha value is -4.99. The number of rotatable bonds is 8. The molecule has 15 heteroatoms. The molecule has 5 aromatic carbocycles. The fourth-order valence-electron chi connectivity index (χ4n) is 6.89. The van der Waals surface area contributed by atoms with Crippen LogP contribution in [0, 0.1) is 0 Å². The van der Waals surface area contributed by atoms with Crippen LogP contribution in [0.5, 0.6) is 5.75 Å². The summed E-state index contributed by atoms with van der Waals surface area (Å²) in [6, 6.07) is 30.5. The summed E-state index contributed by atoms with van der Waals surface area (Å²) in [5.41, 5.74) is 8.61. The molecule has 4 heterocycles. The Balaban J connectivity index is 0.00000441. The summed E-state index contributed by atoms with van der Waals surface area (Å²) in [4.78, 5) is 1.08. The van der Waals surface area contributed by atoms with E-state index in [4.69, 9.17) is 18.0 Å². The minimum Gasteiger partial charge on any atom is -0.743 e. The molecule has 0 amide bonds. The Morgan fingerprint density at radius 3 is 2.02 bits per heavy atom. The van der Waals surface area contributed by atoms with Crippen LogP contribution in [0.15, 0.2) is 157 Å². The van der Waals surface area contributed by atoms with Crippen molar-refractivity contribution in [3.63, 3.8) is 0 Å². The van der Waals surface area contributed by atoms with Crippen LogP contribution in [0.25, 0.3) is 61.1 Å². The number of nitrogens with zero attached hydrogens (tertiary/aromatic N) is 2. The van der Waals surface area contributed by atoms with Crippen molar-refractivity contribution in [1.82, 2.24) is 0 Å². The summed E-state index contributed by atoms with van der Waals surface area (Å²) in [5.74, 6) is -0.894. The Labute approximate surface area is 361 Å². The summed E-state index contributed by atoms with van der Waals surface area (Å²) >= 11 is 0. The molecule has 0 radical (unpaired) electrons. The van der Waals surface area contributed by atoms with Gasteiger partial charge in [-0.05, 0) is 54.1 Å². The molecule has 0 saturated heterocycles. The van der Waals surface area contributed by atoms with E-state index in [0.717, 1.165) is 26.6 Å². The van der Waals surface area contributed by atoms with Crippen molar-refractivity contribution in [2.24, 2.45) is 0 Å². The number of oxazole rings is 1. The van der Waals surface area contributed by atoms with Gasteiger partial charge in [0.25, 0.3) is 5.52 Å². The third-order valence-electron chi connectivity index (χ3n) is 9.16. The van der Waals surface area contributed by atoms with Crippen molar-refractivity contribution < 1.29 is 99.9 Å². The molecule has 8 aromatic rings. The Bertz CT molecular complexity index is 3290. The predicted molar refractivity (Wildman–Crippen MR) is 202 cm³/mol. The van der Waals surface area contributed by atoms with E-state index in [1.165, 1.54) is 16.7 Å². The quantitative estimate of drug-likeness (QED) is 0.0901. The van der Waals surface area contributed by atoms with E-state index < -0.39 is 31.1 Å². The SMILES string of the molecule is C=C=C=C(N1C(=CC(=Cc2oc3cc4c(cc3[n+]2CS(=O)(=O)[O-])oc2ccccc24)Cc2ccccc2)Oc2cc3c(cc21)oc1ccccc13)S(=O)(=O)[O-].[K+]. The zero-order valence-electron chi connectivity index (χ0n) is 29.4. The average molecular weight is 809 g/mol. The number of allylic oxidation sites excluding steroid dienone is 2. The molecule has 272 valence electrons. The topological polar surface area (TPSA) is 170 Å². The van der Waals surface area contributed by atoms with Crippen LogP contribution in [0.4, 0.5) is 5.69 Å². The van der Waals surface area contributed by atoms with Gasteiger partial charge in [-0.15, -0.1) is 4.57 Å². The standard InChI is InChI=1S/C41H26N2O10S2.K/c1-2-10-41(55(47,48)49)43-32-23-36-30(28-14-7-9-16-34(28)51-36)21-38(32)53-40(43)19-26(17-25-11-4-3-5-12-25)18-39-42(24-54(44,45)46)31-22-35-29(20-37(31)52-39)27-13-6-8-15-33(27)50-35;/h3-9,11-16,18-23H,1,17,24H2,(H-,44,45,46,47,48,49);/q;+1/p-1. The van der Waals surface area contributed by atoms with E-state index in [9.17, 15) is 25.9 Å². The number of hydrogen-bond donors (Lipinski definition) is 0. The zero-order valence-corrected chi connectivity index (χ0v) is 34.1. The second-order valence-corrected chi connectivity index (χ2v) is 15.4. The van der Waals surface area contributed by atoms with E-state index in [-0.39, 0.29) is 92.1 Å². The maximum atomic E-state index is 12.8. The first kappa shape index (κ1) is 37.9. The number of aromatic nitrogens is 1. The molecule has 9 rings (SSSR count). The second kappa shape index (κ2) is 14.5. The van der Waals surface area contributed by atoms with Gasteiger partial charge < -0.3 is 27.1 Å². The molecule has 0 fully saturated rings.